The second-order valence-electron chi connectivity index (χ2n) is 15.8. The Kier molecular flexibility index (Phi) is 8.72. The van der Waals surface area contributed by atoms with Crippen LogP contribution in [0.4, 0.5) is 0 Å². The number of pyridine rings is 1. The monoisotopic (exact) mass is 823 g/mol. The summed E-state index contributed by atoms with van der Waals surface area (Å²) in [7, 11) is -2.84. The van der Waals surface area contributed by atoms with E-state index < -0.39 is 8.07 Å². The predicted octanol–water partition coefficient (Wildman–Crippen LogP) is 10.6. The molecule has 0 N–H and O–H groups in total. The molecule has 0 aliphatic heterocycles. The van der Waals surface area contributed by atoms with Gasteiger partial charge in [-0.25, -0.2) is 15.0 Å². The van der Waals surface area contributed by atoms with Crippen molar-refractivity contribution in [1.29, 1.82) is 0 Å². The van der Waals surface area contributed by atoms with Crippen LogP contribution < -0.4 is 20.7 Å². The lowest BCUT2D eigenvalue weighted by molar-refractivity contribution is 0.667. The fraction of sp³-hybridized carbons (Fsp3) is 0. The molecule has 6 nitrogen and oxygen atoms in total. The topological polar surface area (TPSA) is 69.6 Å². The van der Waals surface area contributed by atoms with Gasteiger partial charge in [-0.1, -0.05) is 170 Å². The molecular weight excluding hydrogens is 787 g/mol. The van der Waals surface area contributed by atoms with Gasteiger partial charge in [0.1, 0.15) is 5.58 Å². The van der Waals surface area contributed by atoms with Crippen molar-refractivity contribution in [3.8, 4) is 39.9 Å². The van der Waals surface area contributed by atoms with Gasteiger partial charge in [0.05, 0.1) is 17.2 Å². The molecule has 0 spiro atoms. The van der Waals surface area contributed by atoms with Crippen LogP contribution >= 0.6 is 0 Å². The summed E-state index contributed by atoms with van der Waals surface area (Å²) in [4.78, 5) is 20.2. The molecule has 0 amide bonds. The van der Waals surface area contributed by atoms with E-state index in [0.29, 0.717) is 17.5 Å². The SMILES string of the molecule is c1ccc([Si](c2ccccc2)(c2ccccc2)c2cccc(-c3nc(-c4cccc(-n5c6ccccc6c6ccccc65)c4)nc(-c4ccc5c(c4)oc4cnccc45)n3)c2)cc1. The lowest BCUT2D eigenvalue weighted by Gasteiger charge is -2.34. The molecular formula is C56H37N5OSi. The lowest BCUT2D eigenvalue weighted by Crippen LogP contribution is -2.74. The summed E-state index contributed by atoms with van der Waals surface area (Å²) in [6.07, 6.45) is 3.55. The van der Waals surface area contributed by atoms with E-state index >= 15 is 0 Å². The first-order valence-corrected chi connectivity index (χ1v) is 23.1. The van der Waals surface area contributed by atoms with Gasteiger partial charge in [-0.2, -0.15) is 0 Å². The molecule has 0 unspecified atom stereocenters. The largest absolute Gasteiger partial charge is 0.454 e. The number of benzene rings is 8. The molecule has 8 aromatic carbocycles. The summed E-state index contributed by atoms with van der Waals surface area (Å²) in [6.45, 7) is 0. The first-order chi connectivity index (χ1) is 31.2. The average molecular weight is 824 g/mol. The molecule has 0 aliphatic rings. The summed E-state index contributed by atoms with van der Waals surface area (Å²) >= 11 is 0. The van der Waals surface area contributed by atoms with Crippen LogP contribution in [-0.2, 0) is 0 Å². The van der Waals surface area contributed by atoms with E-state index in [4.69, 9.17) is 19.4 Å². The van der Waals surface area contributed by atoms with Crippen LogP contribution in [0.3, 0.4) is 0 Å². The highest BCUT2D eigenvalue weighted by molar-refractivity contribution is 7.19. The number of para-hydroxylation sites is 2. The third kappa shape index (κ3) is 6.09. The van der Waals surface area contributed by atoms with Gasteiger partial charge >= 0.3 is 0 Å². The van der Waals surface area contributed by atoms with E-state index in [0.717, 1.165) is 55.3 Å². The zero-order valence-corrected chi connectivity index (χ0v) is 35.0. The number of nitrogens with zero attached hydrogens (tertiary/aromatic N) is 5. The summed E-state index contributed by atoms with van der Waals surface area (Å²) in [5.74, 6) is 1.72. The van der Waals surface area contributed by atoms with Gasteiger partial charge in [-0.3, -0.25) is 4.98 Å². The number of rotatable bonds is 8. The number of hydrogen-bond acceptors (Lipinski definition) is 5. The molecule has 0 aliphatic carbocycles. The average Bonchev–Trinajstić information content (AvgIpc) is 3.91. The zero-order valence-electron chi connectivity index (χ0n) is 34.0. The van der Waals surface area contributed by atoms with Crippen molar-refractivity contribution in [3.63, 3.8) is 0 Å². The summed E-state index contributed by atoms with van der Waals surface area (Å²) < 4.78 is 8.64. The molecule has 4 aromatic heterocycles. The molecule has 0 saturated heterocycles. The molecule has 12 rings (SSSR count). The molecule has 0 saturated carbocycles. The molecule has 296 valence electrons. The van der Waals surface area contributed by atoms with Crippen LogP contribution in [-0.4, -0.2) is 32.6 Å². The third-order valence-corrected chi connectivity index (χ3v) is 17.1. The molecule has 0 atom stereocenters. The predicted molar refractivity (Wildman–Crippen MR) is 259 cm³/mol. The third-order valence-electron chi connectivity index (χ3n) is 12.3. The van der Waals surface area contributed by atoms with Crippen molar-refractivity contribution in [1.82, 2.24) is 24.5 Å². The molecule has 63 heavy (non-hydrogen) atoms. The fourth-order valence-corrected chi connectivity index (χ4v) is 14.3. The maximum absolute atomic E-state index is 6.32. The van der Waals surface area contributed by atoms with Gasteiger partial charge in [0, 0.05) is 50.1 Å². The fourth-order valence-electron chi connectivity index (χ4n) is 9.47. The first kappa shape index (κ1) is 36.6. The highest BCUT2D eigenvalue weighted by Gasteiger charge is 2.41. The number of aromatic nitrogens is 5. The Morgan fingerprint density at radius 1 is 0.365 bits per heavy atom. The minimum absolute atomic E-state index is 0.556. The second kappa shape index (κ2) is 15.0. The van der Waals surface area contributed by atoms with Gasteiger partial charge < -0.3 is 8.98 Å². The van der Waals surface area contributed by atoms with Gasteiger partial charge in [0.2, 0.25) is 0 Å². The highest BCUT2D eigenvalue weighted by atomic mass is 28.3. The number of hydrogen-bond donors (Lipinski definition) is 0. The van der Waals surface area contributed by atoms with Gasteiger partial charge in [-0.15, -0.1) is 0 Å². The van der Waals surface area contributed by atoms with E-state index in [-0.39, 0.29) is 0 Å². The Balaban J connectivity index is 1.08. The molecule has 12 aromatic rings. The van der Waals surface area contributed by atoms with Crippen molar-refractivity contribution in [2.24, 2.45) is 0 Å². The molecule has 4 heterocycles. The number of furan rings is 1. The van der Waals surface area contributed by atoms with Crippen LogP contribution in [0.1, 0.15) is 0 Å². The number of fused-ring (bicyclic) bond motifs is 6. The second-order valence-corrected chi connectivity index (χ2v) is 19.6. The van der Waals surface area contributed by atoms with Crippen LogP contribution in [0.5, 0.6) is 0 Å². The normalized spacial score (nSPS) is 11.8. The van der Waals surface area contributed by atoms with E-state index in [1.807, 2.05) is 12.1 Å². The molecule has 0 radical (unpaired) electrons. The smallest absolute Gasteiger partial charge is 0.179 e. The Bertz CT molecular complexity index is 3490. The van der Waals surface area contributed by atoms with E-state index in [9.17, 15) is 0 Å². The standard InChI is InChI=1S/C56H37N5OSi/c1-4-19-42(20-5-1)63(43-21-6-2-7-22-43,44-23-8-3-9-24-44)45-25-15-17-39(35-45)55-58-54(59-56(60-55)40-30-31-48-49-32-33-57-37-53(49)62-52(48)36-40)38-16-14-18-41(34-38)61-50-28-12-10-26-46(50)47-27-11-13-29-51(47)61/h1-37H. The first-order valence-electron chi connectivity index (χ1n) is 21.1. The van der Waals surface area contributed by atoms with Crippen molar-refractivity contribution >= 4 is 72.6 Å². The Hall–Kier alpha value is -8.26. The maximum atomic E-state index is 6.32. The van der Waals surface area contributed by atoms with Crippen LogP contribution in [0.25, 0.3) is 83.6 Å². The molecule has 0 fully saturated rings. The quantitative estimate of drug-likeness (QED) is 0.113. The maximum Gasteiger partial charge on any atom is 0.179 e. The Morgan fingerprint density at radius 2 is 0.857 bits per heavy atom. The van der Waals surface area contributed by atoms with Crippen molar-refractivity contribution in [2.75, 3.05) is 0 Å². The Labute approximate surface area is 364 Å². The minimum atomic E-state index is -2.84. The van der Waals surface area contributed by atoms with Crippen molar-refractivity contribution in [3.05, 3.63) is 225 Å². The highest BCUT2D eigenvalue weighted by Crippen LogP contribution is 2.35. The van der Waals surface area contributed by atoms with Crippen molar-refractivity contribution < 1.29 is 4.42 Å². The van der Waals surface area contributed by atoms with Gasteiger partial charge in [0.15, 0.2) is 31.1 Å². The summed E-state index contributed by atoms with van der Waals surface area (Å²) in [6, 6.07) is 75.6. The lowest BCUT2D eigenvalue weighted by atomic mass is 10.1. The molecule has 0 bridgehead atoms. The van der Waals surface area contributed by atoms with Crippen LogP contribution in [0, 0.1) is 0 Å². The van der Waals surface area contributed by atoms with Crippen LogP contribution in [0.15, 0.2) is 229 Å². The molecule has 7 heteroatoms. The van der Waals surface area contributed by atoms with Crippen LogP contribution in [0.2, 0.25) is 0 Å². The zero-order chi connectivity index (χ0) is 41.7. The summed E-state index contributed by atoms with van der Waals surface area (Å²) in [5.41, 5.74) is 7.41. The van der Waals surface area contributed by atoms with Crippen molar-refractivity contribution in [2.45, 2.75) is 0 Å². The minimum Gasteiger partial charge on any atom is -0.454 e. The van der Waals surface area contributed by atoms with E-state index in [1.165, 1.54) is 31.5 Å². The van der Waals surface area contributed by atoms with E-state index in [1.54, 1.807) is 12.4 Å². The summed E-state index contributed by atoms with van der Waals surface area (Å²) in [5, 5.41) is 9.58. The van der Waals surface area contributed by atoms with Gasteiger partial charge in [-0.05, 0) is 63.2 Å². The van der Waals surface area contributed by atoms with E-state index in [2.05, 4.69) is 210 Å². The van der Waals surface area contributed by atoms with Gasteiger partial charge in [0.25, 0.3) is 0 Å². The Morgan fingerprint density at radius 3 is 1.46 bits per heavy atom.